The quantitative estimate of drug-likeness (QED) is 0.531. The number of amides is 1. The van der Waals surface area contributed by atoms with E-state index in [1.807, 2.05) is 25.1 Å². The van der Waals surface area contributed by atoms with Gasteiger partial charge in [0.2, 0.25) is 5.91 Å². The lowest BCUT2D eigenvalue weighted by molar-refractivity contribution is -0.113. The second-order valence-corrected chi connectivity index (χ2v) is 7.70. The van der Waals surface area contributed by atoms with Gasteiger partial charge < -0.3 is 19.8 Å². The Hall–Kier alpha value is -3.27. The van der Waals surface area contributed by atoms with E-state index < -0.39 is 11.2 Å². The Morgan fingerprint density at radius 2 is 1.90 bits per heavy atom. The van der Waals surface area contributed by atoms with Crippen molar-refractivity contribution in [2.75, 3.05) is 24.3 Å². The summed E-state index contributed by atoms with van der Waals surface area (Å²) in [6.07, 6.45) is 0.750. The van der Waals surface area contributed by atoms with Crippen LogP contribution in [-0.4, -0.2) is 39.8 Å². The summed E-state index contributed by atoms with van der Waals surface area (Å²) < 4.78 is 11.3. The van der Waals surface area contributed by atoms with Gasteiger partial charge in [-0.05, 0) is 31.0 Å². The molecule has 1 aliphatic rings. The number of carbonyl (C=O) groups excluding carboxylic acids is 1. The van der Waals surface area contributed by atoms with Crippen LogP contribution in [0.4, 0.5) is 5.69 Å². The molecule has 0 atom stereocenters. The molecule has 3 aromatic rings. The minimum Gasteiger partial charge on any atom is -0.486 e. The highest BCUT2D eigenvalue weighted by atomic mass is 32.2. The molecule has 1 aliphatic heterocycles. The molecule has 0 saturated carbocycles. The van der Waals surface area contributed by atoms with Crippen molar-refractivity contribution in [3.8, 4) is 11.5 Å². The highest BCUT2D eigenvalue weighted by molar-refractivity contribution is 8.00. The largest absolute Gasteiger partial charge is 0.486 e. The monoisotopic (exact) mass is 428 g/mol. The molecule has 0 spiro atoms. The molecule has 10 heteroatoms. The highest BCUT2D eigenvalue weighted by Gasteiger charge is 2.16. The predicted molar refractivity (Wildman–Crippen MR) is 114 cm³/mol. The van der Waals surface area contributed by atoms with Gasteiger partial charge in [-0.3, -0.25) is 14.6 Å². The predicted octanol–water partition coefficient (Wildman–Crippen LogP) is 1.98. The Morgan fingerprint density at radius 1 is 1.17 bits per heavy atom. The molecule has 0 unspecified atom stereocenters. The number of rotatable bonds is 5. The first-order valence-corrected chi connectivity index (χ1v) is 10.4. The number of fused-ring (bicyclic) bond motifs is 2. The first-order valence-electron chi connectivity index (χ1n) is 9.43. The fourth-order valence-corrected chi connectivity index (χ4v) is 4.07. The maximum atomic E-state index is 12.4. The number of benzene rings is 1. The van der Waals surface area contributed by atoms with Gasteiger partial charge in [0.05, 0.1) is 11.3 Å². The summed E-state index contributed by atoms with van der Waals surface area (Å²) in [5.74, 6) is 1.06. The van der Waals surface area contributed by atoms with Crippen LogP contribution in [0.5, 0.6) is 11.5 Å². The smallest absolute Gasteiger partial charge is 0.326 e. The first kappa shape index (κ1) is 20.0. The minimum atomic E-state index is -0.639. The number of pyridine rings is 1. The third kappa shape index (κ3) is 4.04. The van der Waals surface area contributed by atoms with Gasteiger partial charge in [-0.25, -0.2) is 9.78 Å². The van der Waals surface area contributed by atoms with Crippen LogP contribution in [0.2, 0.25) is 0 Å². The van der Waals surface area contributed by atoms with E-state index in [4.69, 9.17) is 14.5 Å². The first-order chi connectivity index (χ1) is 14.4. The van der Waals surface area contributed by atoms with Gasteiger partial charge in [-0.2, -0.15) is 0 Å². The lowest BCUT2D eigenvalue weighted by Crippen LogP contribution is -2.29. The topological polar surface area (TPSA) is 126 Å². The fourth-order valence-electron chi connectivity index (χ4n) is 3.18. The van der Waals surface area contributed by atoms with Crippen LogP contribution in [0, 0.1) is 6.92 Å². The maximum Gasteiger partial charge on any atom is 0.326 e. The van der Waals surface area contributed by atoms with Crippen LogP contribution in [0.25, 0.3) is 10.9 Å². The van der Waals surface area contributed by atoms with Gasteiger partial charge >= 0.3 is 5.69 Å². The number of ether oxygens (including phenoxy) is 2. The highest BCUT2D eigenvalue weighted by Crippen LogP contribution is 2.35. The van der Waals surface area contributed by atoms with Crippen molar-refractivity contribution < 1.29 is 14.3 Å². The third-order valence-electron chi connectivity index (χ3n) is 4.63. The molecular formula is C20H20N4O5S. The second-order valence-electron chi connectivity index (χ2n) is 6.74. The average molecular weight is 428 g/mol. The number of nitrogens with zero attached hydrogens (tertiary/aromatic N) is 1. The van der Waals surface area contributed by atoms with Crippen LogP contribution >= 0.6 is 11.8 Å². The number of aryl methyl sites for hydroxylation is 2. The lowest BCUT2D eigenvalue weighted by Gasteiger charge is -2.19. The molecular weight excluding hydrogens is 408 g/mol. The number of anilines is 1. The van der Waals surface area contributed by atoms with Crippen molar-refractivity contribution in [2.24, 2.45) is 0 Å². The zero-order valence-corrected chi connectivity index (χ0v) is 17.3. The maximum absolute atomic E-state index is 12.4. The molecule has 9 nitrogen and oxygen atoms in total. The standard InChI is InChI=1S/C20H20N4O5S/c1-3-11-6-12-7-14-15(29-5-4-28-14)8-13(12)22-19(11)30-9-16(25)23-17-10(2)21-20(27)24-18(17)26/h6-8H,3-5,9H2,1-2H3,(H,23,25)(H2,21,24,26,27). The van der Waals surface area contributed by atoms with Crippen molar-refractivity contribution in [2.45, 2.75) is 25.3 Å². The molecule has 0 bridgehead atoms. The van der Waals surface area contributed by atoms with Crippen LogP contribution in [0.3, 0.4) is 0 Å². The van der Waals surface area contributed by atoms with Gasteiger partial charge in [0, 0.05) is 17.1 Å². The molecule has 3 N–H and O–H groups in total. The Balaban J connectivity index is 1.55. The van der Waals surface area contributed by atoms with E-state index in [0.29, 0.717) is 30.4 Å². The normalized spacial score (nSPS) is 12.7. The Morgan fingerprint density at radius 3 is 2.60 bits per heavy atom. The Kier molecular flexibility index (Phi) is 5.49. The Bertz CT molecular complexity index is 1250. The van der Waals surface area contributed by atoms with Gasteiger partial charge in [-0.15, -0.1) is 0 Å². The van der Waals surface area contributed by atoms with E-state index in [-0.39, 0.29) is 17.3 Å². The van der Waals surface area contributed by atoms with Crippen LogP contribution in [0.15, 0.2) is 32.8 Å². The third-order valence-corrected chi connectivity index (χ3v) is 5.67. The Labute approximate surface area is 175 Å². The number of aromatic nitrogens is 3. The van der Waals surface area contributed by atoms with E-state index in [1.54, 1.807) is 6.92 Å². The molecule has 0 aliphatic carbocycles. The van der Waals surface area contributed by atoms with Crippen molar-refractivity contribution in [3.63, 3.8) is 0 Å². The van der Waals surface area contributed by atoms with E-state index >= 15 is 0 Å². The number of thioether (sulfide) groups is 1. The zero-order chi connectivity index (χ0) is 21.3. The summed E-state index contributed by atoms with van der Waals surface area (Å²) in [7, 11) is 0. The van der Waals surface area contributed by atoms with E-state index in [0.717, 1.165) is 27.9 Å². The summed E-state index contributed by atoms with van der Waals surface area (Å²) in [5, 5.41) is 4.24. The number of hydrogen-bond donors (Lipinski definition) is 3. The van der Waals surface area contributed by atoms with Gasteiger partial charge in [0.25, 0.3) is 5.56 Å². The second kappa shape index (κ2) is 8.23. The molecule has 1 amide bonds. The number of aromatic amines is 2. The molecule has 30 heavy (non-hydrogen) atoms. The average Bonchev–Trinajstić information content (AvgIpc) is 2.72. The summed E-state index contributed by atoms with van der Waals surface area (Å²) in [6.45, 7) is 4.59. The minimum absolute atomic E-state index is 0.0335. The fraction of sp³-hybridized carbons (Fsp3) is 0.300. The zero-order valence-electron chi connectivity index (χ0n) is 16.5. The molecule has 2 aromatic heterocycles. The van der Waals surface area contributed by atoms with Crippen molar-refractivity contribution >= 4 is 34.3 Å². The van der Waals surface area contributed by atoms with E-state index in [2.05, 4.69) is 15.3 Å². The summed E-state index contributed by atoms with van der Waals surface area (Å²) >= 11 is 1.29. The van der Waals surface area contributed by atoms with Crippen LogP contribution < -0.4 is 26.0 Å². The number of carbonyl (C=O) groups is 1. The van der Waals surface area contributed by atoms with Crippen LogP contribution in [0.1, 0.15) is 18.2 Å². The summed E-state index contributed by atoms with van der Waals surface area (Å²) in [4.78, 5) is 44.8. The molecule has 1 aromatic carbocycles. The SMILES string of the molecule is CCc1cc2cc3c(cc2nc1SCC(=O)Nc1c(C)[nH]c(=O)[nH]c1=O)OCCO3. The van der Waals surface area contributed by atoms with E-state index in [1.165, 1.54) is 11.8 Å². The number of hydrogen-bond acceptors (Lipinski definition) is 7. The molecule has 3 heterocycles. The number of H-pyrrole nitrogens is 2. The van der Waals surface area contributed by atoms with Gasteiger partial charge in [0.15, 0.2) is 11.5 Å². The molecule has 0 fully saturated rings. The van der Waals surface area contributed by atoms with Crippen molar-refractivity contribution in [1.82, 2.24) is 15.0 Å². The molecule has 156 valence electrons. The molecule has 0 saturated heterocycles. The van der Waals surface area contributed by atoms with Gasteiger partial charge in [-0.1, -0.05) is 18.7 Å². The van der Waals surface area contributed by atoms with Gasteiger partial charge in [0.1, 0.15) is 23.9 Å². The molecule has 4 rings (SSSR count). The van der Waals surface area contributed by atoms with Crippen LogP contribution in [-0.2, 0) is 11.2 Å². The lowest BCUT2D eigenvalue weighted by atomic mass is 10.1. The number of nitrogens with one attached hydrogen (secondary N) is 3. The molecule has 0 radical (unpaired) electrons. The van der Waals surface area contributed by atoms with E-state index in [9.17, 15) is 14.4 Å². The summed E-state index contributed by atoms with van der Waals surface area (Å²) in [5.41, 5.74) is 0.842. The van der Waals surface area contributed by atoms with Crippen molar-refractivity contribution in [3.05, 3.63) is 50.3 Å². The van der Waals surface area contributed by atoms with Crippen molar-refractivity contribution in [1.29, 1.82) is 0 Å². The summed E-state index contributed by atoms with van der Waals surface area (Å²) in [6, 6.07) is 5.80.